The Morgan fingerprint density at radius 3 is 3.11 bits per heavy atom. The molecule has 0 saturated carbocycles. The quantitative estimate of drug-likeness (QED) is 0.615. The van der Waals surface area contributed by atoms with Gasteiger partial charge in [-0.1, -0.05) is 18.0 Å². The van der Waals surface area contributed by atoms with Gasteiger partial charge in [-0.3, -0.25) is 4.90 Å². The summed E-state index contributed by atoms with van der Waals surface area (Å²) < 4.78 is 14.3. The van der Waals surface area contributed by atoms with Crippen molar-refractivity contribution in [3.63, 3.8) is 0 Å². The molecule has 4 heterocycles. The van der Waals surface area contributed by atoms with Crippen molar-refractivity contribution in [2.45, 2.75) is 25.3 Å². The van der Waals surface area contributed by atoms with Gasteiger partial charge in [0.25, 0.3) is 0 Å². The predicted molar refractivity (Wildman–Crippen MR) is 106 cm³/mol. The molecule has 1 atom stereocenters. The van der Waals surface area contributed by atoms with E-state index in [4.69, 9.17) is 11.6 Å². The maximum absolute atomic E-state index is 14.3. The minimum atomic E-state index is -0.516. The van der Waals surface area contributed by atoms with E-state index in [9.17, 15) is 9.18 Å². The number of hydrogen-bond acceptors (Lipinski definition) is 6. The molecule has 0 aliphatic carbocycles. The Labute approximate surface area is 166 Å². The van der Waals surface area contributed by atoms with Crippen molar-refractivity contribution in [2.24, 2.45) is 0 Å². The van der Waals surface area contributed by atoms with Crippen LogP contribution in [0.15, 0.2) is 24.7 Å². The second kappa shape index (κ2) is 8.20. The van der Waals surface area contributed by atoms with Crippen molar-refractivity contribution in [3.8, 4) is 11.4 Å². The van der Waals surface area contributed by atoms with Crippen LogP contribution in [0, 0.1) is 5.82 Å². The first-order chi connectivity index (χ1) is 13.7. The Balaban J connectivity index is 1.57. The second-order valence-electron chi connectivity index (χ2n) is 6.83. The molecule has 0 bridgehead atoms. The number of aldehydes is 1. The van der Waals surface area contributed by atoms with E-state index < -0.39 is 5.82 Å². The molecule has 3 aromatic rings. The van der Waals surface area contributed by atoms with Gasteiger partial charge in [-0.15, -0.1) is 0 Å². The molecule has 28 heavy (non-hydrogen) atoms. The van der Waals surface area contributed by atoms with E-state index in [0.29, 0.717) is 35.1 Å². The largest absolute Gasteiger partial charge is 0.366 e. The average Bonchev–Trinajstić information content (AvgIpc) is 3.11. The van der Waals surface area contributed by atoms with Gasteiger partial charge in [0.2, 0.25) is 0 Å². The molecular formula is C19H20ClFN6O. The van der Waals surface area contributed by atoms with E-state index in [1.54, 1.807) is 18.5 Å². The number of pyridine rings is 1. The zero-order valence-electron chi connectivity index (χ0n) is 15.2. The molecule has 1 fully saturated rings. The smallest absolute Gasteiger partial charge is 0.183 e. The van der Waals surface area contributed by atoms with Crippen molar-refractivity contribution in [1.29, 1.82) is 0 Å². The Morgan fingerprint density at radius 1 is 1.36 bits per heavy atom. The normalized spacial score (nSPS) is 17.7. The number of nitrogens with one attached hydrogen (secondary N) is 2. The Morgan fingerprint density at radius 2 is 2.25 bits per heavy atom. The number of piperidine rings is 1. The summed E-state index contributed by atoms with van der Waals surface area (Å²) in [7, 11) is 0. The highest BCUT2D eigenvalue weighted by Crippen LogP contribution is 2.28. The summed E-state index contributed by atoms with van der Waals surface area (Å²) in [4.78, 5) is 28.8. The first kappa shape index (κ1) is 18.8. The van der Waals surface area contributed by atoms with Crippen LogP contribution in [0.4, 0.5) is 10.2 Å². The first-order valence-corrected chi connectivity index (χ1v) is 9.60. The molecule has 1 saturated heterocycles. The van der Waals surface area contributed by atoms with Gasteiger partial charge in [0.05, 0.1) is 17.8 Å². The number of carbonyl (C=O) groups is 1. The molecular weight excluding hydrogens is 383 g/mol. The lowest BCUT2D eigenvalue weighted by Gasteiger charge is -2.34. The van der Waals surface area contributed by atoms with Gasteiger partial charge in [-0.05, 0) is 25.5 Å². The zero-order chi connectivity index (χ0) is 19.5. The van der Waals surface area contributed by atoms with Gasteiger partial charge in [-0.2, -0.15) is 0 Å². The fraction of sp³-hybridized carbons (Fsp3) is 0.368. The minimum Gasteiger partial charge on any atom is -0.366 e. The van der Waals surface area contributed by atoms with Crippen molar-refractivity contribution in [2.75, 3.05) is 25.0 Å². The number of fused-ring (bicyclic) bond motifs is 1. The third-order valence-corrected chi connectivity index (χ3v) is 5.25. The highest BCUT2D eigenvalue weighted by Gasteiger charge is 2.22. The van der Waals surface area contributed by atoms with Crippen LogP contribution in [0.5, 0.6) is 0 Å². The Kier molecular flexibility index (Phi) is 5.50. The fourth-order valence-corrected chi connectivity index (χ4v) is 3.78. The van der Waals surface area contributed by atoms with E-state index in [0.717, 1.165) is 43.7 Å². The van der Waals surface area contributed by atoms with E-state index in [1.165, 1.54) is 0 Å². The van der Waals surface area contributed by atoms with Gasteiger partial charge in [0.1, 0.15) is 11.9 Å². The fourth-order valence-electron chi connectivity index (χ4n) is 3.63. The number of aromatic nitrogens is 4. The molecule has 7 nitrogen and oxygen atoms in total. The molecule has 0 spiro atoms. The monoisotopic (exact) mass is 402 g/mol. The van der Waals surface area contributed by atoms with Crippen molar-refractivity contribution in [1.82, 2.24) is 24.8 Å². The first-order valence-electron chi connectivity index (χ1n) is 9.23. The summed E-state index contributed by atoms with van der Waals surface area (Å²) in [5.41, 5.74) is 1.36. The minimum absolute atomic E-state index is 0.144. The molecule has 2 N–H and O–H groups in total. The SMILES string of the molecule is O=CCN1CCCC[C@@H]1CNc1nc(-c2c[nH]c3ncc(Cl)cc23)ncc1F. The molecule has 0 unspecified atom stereocenters. The highest BCUT2D eigenvalue weighted by molar-refractivity contribution is 6.31. The van der Waals surface area contributed by atoms with Gasteiger partial charge in [0, 0.05) is 35.9 Å². The standard InChI is InChI=1S/C19H20ClFN6O/c20-12-7-14-15(10-24-17(14)22-8-12)18-25-11-16(21)19(26-18)23-9-13-3-1-2-4-27(13)5-6-28/h6-8,10-11,13H,1-5,9H2,(H,22,24)(H,23,25,26)/t13-/m1/s1. The second-order valence-corrected chi connectivity index (χ2v) is 7.27. The lowest BCUT2D eigenvalue weighted by Crippen LogP contribution is -2.44. The van der Waals surface area contributed by atoms with Gasteiger partial charge < -0.3 is 15.1 Å². The Bertz CT molecular complexity index is 994. The summed E-state index contributed by atoms with van der Waals surface area (Å²) in [6.07, 6.45) is 8.50. The van der Waals surface area contributed by atoms with Crippen LogP contribution in [-0.2, 0) is 4.79 Å². The summed E-state index contributed by atoms with van der Waals surface area (Å²) >= 11 is 6.05. The lowest BCUT2D eigenvalue weighted by molar-refractivity contribution is -0.109. The molecule has 3 aromatic heterocycles. The number of carbonyl (C=O) groups excluding carboxylic acids is 1. The van der Waals surface area contributed by atoms with E-state index in [2.05, 4.69) is 30.2 Å². The van der Waals surface area contributed by atoms with Crippen LogP contribution in [0.1, 0.15) is 19.3 Å². The lowest BCUT2D eigenvalue weighted by atomic mass is 10.0. The maximum atomic E-state index is 14.3. The van der Waals surface area contributed by atoms with Crippen LogP contribution in [-0.4, -0.2) is 56.8 Å². The number of nitrogens with zero attached hydrogens (tertiary/aromatic N) is 4. The molecule has 0 radical (unpaired) electrons. The number of likely N-dealkylation sites (tertiary alicyclic amines) is 1. The molecule has 4 rings (SSSR count). The Hall–Kier alpha value is -2.58. The highest BCUT2D eigenvalue weighted by atomic mass is 35.5. The van der Waals surface area contributed by atoms with Crippen LogP contribution in [0.25, 0.3) is 22.4 Å². The van der Waals surface area contributed by atoms with E-state index in [1.807, 2.05) is 0 Å². The van der Waals surface area contributed by atoms with Crippen LogP contribution < -0.4 is 5.32 Å². The average molecular weight is 403 g/mol. The van der Waals surface area contributed by atoms with Crippen molar-refractivity contribution < 1.29 is 9.18 Å². The van der Waals surface area contributed by atoms with Crippen LogP contribution >= 0.6 is 11.6 Å². The molecule has 1 aliphatic rings. The molecule has 1 aliphatic heterocycles. The molecule has 9 heteroatoms. The molecule has 146 valence electrons. The zero-order valence-corrected chi connectivity index (χ0v) is 15.9. The molecule has 0 amide bonds. The van der Waals surface area contributed by atoms with Crippen molar-refractivity contribution in [3.05, 3.63) is 35.5 Å². The third-order valence-electron chi connectivity index (χ3n) is 5.05. The van der Waals surface area contributed by atoms with Crippen LogP contribution in [0.2, 0.25) is 5.02 Å². The summed E-state index contributed by atoms with van der Waals surface area (Å²) in [6, 6.07) is 1.95. The van der Waals surface area contributed by atoms with Crippen LogP contribution in [0.3, 0.4) is 0 Å². The topological polar surface area (TPSA) is 86.8 Å². The number of halogens is 2. The number of aromatic amines is 1. The summed E-state index contributed by atoms with van der Waals surface area (Å²) in [5.74, 6) is 0.0102. The number of hydrogen-bond donors (Lipinski definition) is 2. The summed E-state index contributed by atoms with van der Waals surface area (Å²) in [6.45, 7) is 1.79. The van der Waals surface area contributed by atoms with Gasteiger partial charge >= 0.3 is 0 Å². The number of rotatable bonds is 6. The number of H-pyrrole nitrogens is 1. The maximum Gasteiger partial charge on any atom is 0.183 e. The van der Waals surface area contributed by atoms with E-state index in [-0.39, 0.29) is 11.9 Å². The predicted octanol–water partition coefficient (Wildman–Crippen LogP) is 3.28. The molecule has 0 aromatic carbocycles. The number of anilines is 1. The van der Waals surface area contributed by atoms with Crippen molar-refractivity contribution >= 4 is 34.7 Å². The third kappa shape index (κ3) is 3.83. The van der Waals surface area contributed by atoms with E-state index >= 15 is 0 Å². The van der Waals surface area contributed by atoms with Gasteiger partial charge in [-0.25, -0.2) is 19.3 Å². The summed E-state index contributed by atoms with van der Waals surface area (Å²) in [5, 5.41) is 4.37. The van der Waals surface area contributed by atoms with Gasteiger partial charge in [0.15, 0.2) is 17.5 Å².